The summed E-state index contributed by atoms with van der Waals surface area (Å²) in [5.74, 6) is 0. The SMILES string of the molecule is CCc1ccc(Cn2cncc2CNC(C)C)cc1. The maximum atomic E-state index is 4.25. The van der Waals surface area contributed by atoms with Gasteiger partial charge in [0.05, 0.1) is 12.0 Å². The van der Waals surface area contributed by atoms with Crippen LogP contribution in [0.3, 0.4) is 0 Å². The molecule has 3 heteroatoms. The van der Waals surface area contributed by atoms with Gasteiger partial charge in [-0.25, -0.2) is 4.98 Å². The fraction of sp³-hybridized carbons (Fsp3) is 0.438. The predicted molar refractivity (Wildman–Crippen MR) is 79.1 cm³/mol. The highest BCUT2D eigenvalue weighted by atomic mass is 15.1. The van der Waals surface area contributed by atoms with E-state index < -0.39 is 0 Å². The molecule has 0 aliphatic carbocycles. The van der Waals surface area contributed by atoms with Crippen LogP contribution in [0.15, 0.2) is 36.8 Å². The van der Waals surface area contributed by atoms with Gasteiger partial charge in [-0.15, -0.1) is 0 Å². The van der Waals surface area contributed by atoms with Crippen LogP contribution in [0.1, 0.15) is 37.6 Å². The highest BCUT2D eigenvalue weighted by molar-refractivity contribution is 5.23. The largest absolute Gasteiger partial charge is 0.329 e. The lowest BCUT2D eigenvalue weighted by Crippen LogP contribution is -2.23. The van der Waals surface area contributed by atoms with Crippen LogP contribution >= 0.6 is 0 Å². The first kappa shape index (κ1) is 13.8. The second-order valence-corrected chi connectivity index (χ2v) is 5.22. The lowest BCUT2D eigenvalue weighted by atomic mass is 10.1. The molecule has 0 saturated heterocycles. The molecule has 0 bridgehead atoms. The van der Waals surface area contributed by atoms with E-state index in [4.69, 9.17) is 0 Å². The Hall–Kier alpha value is -1.61. The molecule has 1 aromatic carbocycles. The third-order valence-electron chi connectivity index (χ3n) is 3.27. The van der Waals surface area contributed by atoms with Gasteiger partial charge in [0.15, 0.2) is 0 Å². The standard InChI is InChI=1S/C16H23N3/c1-4-14-5-7-15(8-6-14)11-19-12-17-9-16(19)10-18-13(2)3/h5-9,12-13,18H,4,10-11H2,1-3H3. The van der Waals surface area contributed by atoms with Gasteiger partial charge in [-0.2, -0.15) is 0 Å². The minimum atomic E-state index is 0.493. The molecule has 0 amide bonds. The van der Waals surface area contributed by atoms with Crippen LogP contribution in [0, 0.1) is 0 Å². The predicted octanol–water partition coefficient (Wildman–Crippen LogP) is 2.99. The van der Waals surface area contributed by atoms with Crippen molar-refractivity contribution in [2.45, 2.75) is 46.3 Å². The van der Waals surface area contributed by atoms with E-state index in [1.54, 1.807) is 0 Å². The number of nitrogens with one attached hydrogen (secondary N) is 1. The quantitative estimate of drug-likeness (QED) is 0.862. The summed E-state index contributed by atoms with van der Waals surface area (Å²) in [6.45, 7) is 8.25. The maximum absolute atomic E-state index is 4.25. The van der Waals surface area contributed by atoms with Crippen molar-refractivity contribution in [3.8, 4) is 0 Å². The van der Waals surface area contributed by atoms with Crippen molar-refractivity contribution in [1.29, 1.82) is 0 Å². The molecule has 0 spiro atoms. The minimum Gasteiger partial charge on any atom is -0.329 e. The summed E-state index contributed by atoms with van der Waals surface area (Å²) in [4.78, 5) is 4.25. The summed E-state index contributed by atoms with van der Waals surface area (Å²) in [5.41, 5.74) is 3.94. The zero-order valence-electron chi connectivity index (χ0n) is 12.1. The number of imidazole rings is 1. The fourth-order valence-corrected chi connectivity index (χ4v) is 2.02. The molecule has 0 atom stereocenters. The molecule has 0 unspecified atom stereocenters. The summed E-state index contributed by atoms with van der Waals surface area (Å²) < 4.78 is 2.20. The first-order chi connectivity index (χ1) is 9.19. The normalized spacial score (nSPS) is 11.2. The van der Waals surface area contributed by atoms with Crippen LogP contribution in [-0.4, -0.2) is 15.6 Å². The van der Waals surface area contributed by atoms with Crippen LogP contribution < -0.4 is 5.32 Å². The molecule has 0 saturated carbocycles. The number of aromatic nitrogens is 2. The van der Waals surface area contributed by atoms with E-state index in [1.165, 1.54) is 16.8 Å². The lowest BCUT2D eigenvalue weighted by molar-refractivity contribution is 0.564. The molecular weight excluding hydrogens is 234 g/mol. The van der Waals surface area contributed by atoms with E-state index in [0.717, 1.165) is 19.5 Å². The number of benzene rings is 1. The van der Waals surface area contributed by atoms with Crippen molar-refractivity contribution in [2.75, 3.05) is 0 Å². The highest BCUT2D eigenvalue weighted by Crippen LogP contribution is 2.09. The summed E-state index contributed by atoms with van der Waals surface area (Å²) in [5, 5.41) is 3.43. The average molecular weight is 257 g/mol. The Labute approximate surface area is 115 Å². The van der Waals surface area contributed by atoms with Crippen molar-refractivity contribution in [3.63, 3.8) is 0 Å². The van der Waals surface area contributed by atoms with Gasteiger partial charge < -0.3 is 9.88 Å². The Kier molecular flexibility index (Phi) is 4.74. The van der Waals surface area contributed by atoms with Crippen molar-refractivity contribution in [2.24, 2.45) is 0 Å². The Bertz CT molecular complexity index is 497. The van der Waals surface area contributed by atoms with Crippen molar-refractivity contribution < 1.29 is 0 Å². The second-order valence-electron chi connectivity index (χ2n) is 5.22. The lowest BCUT2D eigenvalue weighted by Gasteiger charge is -2.11. The average Bonchev–Trinajstić information content (AvgIpc) is 2.84. The van der Waals surface area contributed by atoms with Gasteiger partial charge in [0.1, 0.15) is 0 Å². The number of aryl methyl sites for hydroxylation is 1. The Morgan fingerprint density at radius 1 is 1.16 bits per heavy atom. The summed E-state index contributed by atoms with van der Waals surface area (Å²) in [6.07, 6.45) is 4.94. The van der Waals surface area contributed by atoms with Gasteiger partial charge in [-0.05, 0) is 17.5 Å². The molecule has 102 valence electrons. The fourth-order valence-electron chi connectivity index (χ4n) is 2.02. The third-order valence-corrected chi connectivity index (χ3v) is 3.27. The van der Waals surface area contributed by atoms with E-state index in [9.17, 15) is 0 Å². The molecule has 1 N–H and O–H groups in total. The van der Waals surface area contributed by atoms with Crippen molar-refractivity contribution >= 4 is 0 Å². The van der Waals surface area contributed by atoms with E-state index in [2.05, 4.69) is 59.9 Å². The minimum absolute atomic E-state index is 0.493. The third kappa shape index (κ3) is 3.93. The van der Waals surface area contributed by atoms with Gasteiger partial charge >= 0.3 is 0 Å². The highest BCUT2D eigenvalue weighted by Gasteiger charge is 2.03. The maximum Gasteiger partial charge on any atom is 0.0951 e. The number of nitrogens with zero attached hydrogens (tertiary/aromatic N) is 2. The van der Waals surface area contributed by atoms with Gasteiger partial charge in [0.2, 0.25) is 0 Å². The zero-order valence-corrected chi connectivity index (χ0v) is 12.1. The molecule has 1 heterocycles. The summed E-state index contributed by atoms with van der Waals surface area (Å²) in [7, 11) is 0. The first-order valence-corrected chi connectivity index (χ1v) is 6.99. The van der Waals surface area contributed by atoms with Crippen LogP contribution in [-0.2, 0) is 19.5 Å². The molecule has 2 rings (SSSR count). The van der Waals surface area contributed by atoms with Crippen molar-refractivity contribution in [3.05, 3.63) is 53.6 Å². The van der Waals surface area contributed by atoms with Crippen LogP contribution in [0.25, 0.3) is 0 Å². The molecular formula is C16H23N3. The smallest absolute Gasteiger partial charge is 0.0951 e. The second kappa shape index (κ2) is 6.53. The monoisotopic (exact) mass is 257 g/mol. The molecule has 0 aliphatic heterocycles. The van der Waals surface area contributed by atoms with Gasteiger partial charge in [0.25, 0.3) is 0 Å². The van der Waals surface area contributed by atoms with Crippen molar-refractivity contribution in [1.82, 2.24) is 14.9 Å². The summed E-state index contributed by atoms with van der Waals surface area (Å²) in [6, 6.07) is 9.32. The van der Waals surface area contributed by atoms with E-state index in [-0.39, 0.29) is 0 Å². The molecule has 0 radical (unpaired) electrons. The molecule has 19 heavy (non-hydrogen) atoms. The first-order valence-electron chi connectivity index (χ1n) is 6.99. The summed E-state index contributed by atoms with van der Waals surface area (Å²) >= 11 is 0. The Morgan fingerprint density at radius 2 is 1.84 bits per heavy atom. The topological polar surface area (TPSA) is 29.9 Å². The number of rotatable bonds is 6. The Balaban J connectivity index is 2.03. The van der Waals surface area contributed by atoms with Gasteiger partial charge in [-0.1, -0.05) is 45.0 Å². The van der Waals surface area contributed by atoms with Crippen LogP contribution in [0.2, 0.25) is 0 Å². The number of hydrogen-bond donors (Lipinski definition) is 1. The van der Waals surface area contributed by atoms with Crippen LogP contribution in [0.5, 0.6) is 0 Å². The Morgan fingerprint density at radius 3 is 2.47 bits per heavy atom. The molecule has 0 fully saturated rings. The van der Waals surface area contributed by atoms with Crippen LogP contribution in [0.4, 0.5) is 0 Å². The van der Waals surface area contributed by atoms with Gasteiger partial charge in [-0.3, -0.25) is 0 Å². The molecule has 2 aromatic rings. The molecule has 0 aliphatic rings. The molecule has 1 aromatic heterocycles. The number of hydrogen-bond acceptors (Lipinski definition) is 2. The van der Waals surface area contributed by atoms with E-state index in [0.29, 0.717) is 6.04 Å². The van der Waals surface area contributed by atoms with E-state index >= 15 is 0 Å². The van der Waals surface area contributed by atoms with Gasteiger partial charge in [0, 0.05) is 25.3 Å². The molecule has 3 nitrogen and oxygen atoms in total. The zero-order chi connectivity index (χ0) is 13.7. The van der Waals surface area contributed by atoms with E-state index in [1.807, 2.05) is 12.5 Å².